The molecule has 0 saturated carbocycles. The van der Waals surface area contributed by atoms with Gasteiger partial charge in [-0.15, -0.1) is 5.10 Å². The maximum Gasteiger partial charge on any atom is 0.253 e. The van der Waals surface area contributed by atoms with Gasteiger partial charge in [-0.05, 0) is 37.6 Å². The third-order valence-corrected chi connectivity index (χ3v) is 5.02. The van der Waals surface area contributed by atoms with E-state index in [4.69, 9.17) is 21.1 Å². The van der Waals surface area contributed by atoms with Crippen LogP contribution in [0.3, 0.4) is 0 Å². The van der Waals surface area contributed by atoms with Crippen LogP contribution in [0.25, 0.3) is 5.78 Å². The highest BCUT2D eigenvalue weighted by atomic mass is 35.5. The number of fused-ring (bicyclic) bond motifs is 2. The number of nitrogens with zero attached hydrogens (tertiary/aromatic N) is 4. The van der Waals surface area contributed by atoms with Crippen LogP contribution < -0.4 is 9.47 Å². The fourth-order valence-corrected chi connectivity index (χ4v) is 3.76. The summed E-state index contributed by atoms with van der Waals surface area (Å²) in [4.78, 5) is 8.90. The summed E-state index contributed by atoms with van der Waals surface area (Å²) in [5.74, 6) is 2.65. The van der Waals surface area contributed by atoms with Crippen molar-refractivity contribution in [2.24, 2.45) is 0 Å². The van der Waals surface area contributed by atoms with Crippen molar-refractivity contribution in [3.63, 3.8) is 0 Å². The summed E-state index contributed by atoms with van der Waals surface area (Å²) in [7, 11) is 0. The van der Waals surface area contributed by atoms with Gasteiger partial charge >= 0.3 is 0 Å². The molecule has 6 nitrogen and oxygen atoms in total. The minimum Gasteiger partial charge on any atom is -0.489 e. The van der Waals surface area contributed by atoms with Crippen molar-refractivity contribution in [1.29, 1.82) is 0 Å². The normalized spacial score (nSPS) is 13.9. The first-order chi connectivity index (χ1) is 12.1. The number of benzene rings is 1. The van der Waals surface area contributed by atoms with Gasteiger partial charge in [0.2, 0.25) is 5.16 Å². The highest BCUT2D eigenvalue weighted by Crippen LogP contribution is 2.39. The van der Waals surface area contributed by atoms with Crippen molar-refractivity contribution in [3.05, 3.63) is 40.2 Å². The second-order valence-electron chi connectivity index (χ2n) is 5.89. The van der Waals surface area contributed by atoms with Crippen LogP contribution in [0, 0.1) is 13.8 Å². The lowest BCUT2D eigenvalue weighted by molar-refractivity contribution is 0.297. The van der Waals surface area contributed by atoms with Crippen LogP contribution in [0.1, 0.15) is 23.4 Å². The Bertz CT molecular complexity index is 944. The number of thioether (sulfide) groups is 1. The molecule has 3 heterocycles. The Balaban J connectivity index is 1.56. The van der Waals surface area contributed by atoms with Gasteiger partial charge in [0.25, 0.3) is 5.78 Å². The van der Waals surface area contributed by atoms with Crippen LogP contribution in [0.5, 0.6) is 11.5 Å². The summed E-state index contributed by atoms with van der Waals surface area (Å²) in [6.07, 6.45) is 0.853. The van der Waals surface area contributed by atoms with E-state index in [2.05, 4.69) is 15.1 Å². The van der Waals surface area contributed by atoms with E-state index in [0.29, 0.717) is 46.4 Å². The Labute approximate surface area is 154 Å². The van der Waals surface area contributed by atoms with Gasteiger partial charge in [-0.25, -0.2) is 9.50 Å². The molecule has 25 heavy (non-hydrogen) atoms. The molecule has 0 radical (unpaired) electrons. The molecule has 1 aromatic carbocycles. The lowest BCUT2D eigenvalue weighted by atomic mass is 10.2. The van der Waals surface area contributed by atoms with E-state index >= 15 is 0 Å². The summed E-state index contributed by atoms with van der Waals surface area (Å²) >= 11 is 7.88. The lowest BCUT2D eigenvalue weighted by Crippen LogP contribution is -1.97. The Morgan fingerprint density at radius 2 is 2.00 bits per heavy atom. The number of halogens is 1. The van der Waals surface area contributed by atoms with Crippen LogP contribution in [-0.4, -0.2) is 32.8 Å². The number of hydrogen-bond acceptors (Lipinski definition) is 6. The first kappa shape index (κ1) is 16.5. The molecule has 0 spiro atoms. The average Bonchev–Trinajstić information content (AvgIpc) is 2.82. The zero-order valence-corrected chi connectivity index (χ0v) is 15.5. The fraction of sp³-hybridized carbons (Fsp3) is 0.353. The van der Waals surface area contributed by atoms with E-state index < -0.39 is 0 Å². The molecule has 130 valence electrons. The number of aromatic nitrogens is 4. The van der Waals surface area contributed by atoms with Crippen LogP contribution in [0.4, 0.5) is 0 Å². The van der Waals surface area contributed by atoms with Crippen LogP contribution in [-0.2, 0) is 5.75 Å². The van der Waals surface area contributed by atoms with E-state index in [0.717, 1.165) is 23.4 Å². The van der Waals surface area contributed by atoms with Crippen molar-refractivity contribution in [2.75, 3.05) is 13.2 Å². The number of hydrogen-bond donors (Lipinski definition) is 0. The van der Waals surface area contributed by atoms with Gasteiger partial charge in [0, 0.05) is 23.6 Å². The van der Waals surface area contributed by atoms with E-state index in [1.807, 2.05) is 32.0 Å². The van der Waals surface area contributed by atoms with Crippen LogP contribution >= 0.6 is 23.4 Å². The van der Waals surface area contributed by atoms with Crippen molar-refractivity contribution in [3.8, 4) is 11.5 Å². The molecule has 4 rings (SSSR count). The zero-order valence-electron chi connectivity index (χ0n) is 14.0. The van der Waals surface area contributed by atoms with Gasteiger partial charge in [0.15, 0.2) is 11.5 Å². The Morgan fingerprint density at radius 1 is 1.16 bits per heavy atom. The lowest BCUT2D eigenvalue weighted by Gasteiger charge is -2.11. The quantitative estimate of drug-likeness (QED) is 0.647. The maximum absolute atomic E-state index is 6.34. The molecule has 0 saturated heterocycles. The van der Waals surface area contributed by atoms with Gasteiger partial charge in [-0.1, -0.05) is 23.4 Å². The molecular weight excluding hydrogens is 360 g/mol. The van der Waals surface area contributed by atoms with E-state index in [1.54, 1.807) is 16.3 Å². The first-order valence-corrected chi connectivity index (χ1v) is 9.38. The van der Waals surface area contributed by atoms with Gasteiger partial charge in [0.05, 0.1) is 18.2 Å². The smallest absolute Gasteiger partial charge is 0.253 e. The SMILES string of the molecule is Cc1cc(C)n2nc(SCc3cc(Cl)c4c(c3)OCCCO4)nc2n1. The molecular formula is C17H17ClN4O2S. The highest BCUT2D eigenvalue weighted by molar-refractivity contribution is 7.98. The second kappa shape index (κ2) is 6.72. The second-order valence-corrected chi connectivity index (χ2v) is 7.24. The van der Waals surface area contributed by atoms with Crippen molar-refractivity contribution in [2.45, 2.75) is 31.2 Å². The van der Waals surface area contributed by atoms with Gasteiger partial charge < -0.3 is 9.47 Å². The minimum atomic E-state index is 0.575. The number of rotatable bonds is 3. The summed E-state index contributed by atoms with van der Waals surface area (Å²) in [5, 5.41) is 5.77. The zero-order chi connectivity index (χ0) is 17.4. The predicted molar refractivity (Wildman–Crippen MR) is 96.9 cm³/mol. The Hall–Kier alpha value is -1.99. The molecule has 0 amide bonds. The number of aryl methyl sites for hydroxylation is 2. The van der Waals surface area contributed by atoms with Crippen molar-refractivity contribution < 1.29 is 9.47 Å². The summed E-state index contributed by atoms with van der Waals surface area (Å²) < 4.78 is 13.2. The van der Waals surface area contributed by atoms with Crippen LogP contribution in [0.15, 0.2) is 23.4 Å². The van der Waals surface area contributed by atoms with Crippen molar-refractivity contribution >= 4 is 29.1 Å². The standard InChI is InChI=1S/C17H17ClN4O2S/c1-10-6-11(2)22-16(19-10)20-17(21-22)25-9-12-7-13(18)15-14(8-12)23-4-3-5-24-15/h6-8H,3-5,9H2,1-2H3. The largest absolute Gasteiger partial charge is 0.489 e. The van der Waals surface area contributed by atoms with Gasteiger partial charge in [-0.3, -0.25) is 0 Å². The maximum atomic E-state index is 6.34. The summed E-state index contributed by atoms with van der Waals surface area (Å²) in [6, 6.07) is 5.87. The third kappa shape index (κ3) is 3.39. The molecule has 0 fully saturated rings. The van der Waals surface area contributed by atoms with Crippen LogP contribution in [0.2, 0.25) is 5.02 Å². The molecule has 1 aliphatic heterocycles. The minimum absolute atomic E-state index is 0.575. The van der Waals surface area contributed by atoms with E-state index in [-0.39, 0.29) is 0 Å². The third-order valence-electron chi connectivity index (χ3n) is 3.83. The van der Waals surface area contributed by atoms with E-state index in [9.17, 15) is 0 Å². The van der Waals surface area contributed by atoms with Gasteiger partial charge in [0.1, 0.15) is 0 Å². The summed E-state index contributed by atoms with van der Waals surface area (Å²) in [6.45, 7) is 5.21. The Kier molecular flexibility index (Phi) is 4.43. The monoisotopic (exact) mass is 376 g/mol. The molecule has 0 aliphatic carbocycles. The molecule has 1 aliphatic rings. The predicted octanol–water partition coefficient (Wildman–Crippen LogP) is 3.85. The average molecular weight is 377 g/mol. The molecule has 0 bridgehead atoms. The summed E-state index contributed by atoms with van der Waals surface area (Å²) in [5.41, 5.74) is 2.99. The Morgan fingerprint density at radius 3 is 2.88 bits per heavy atom. The van der Waals surface area contributed by atoms with Gasteiger partial charge in [-0.2, -0.15) is 4.98 Å². The molecule has 2 aromatic heterocycles. The topological polar surface area (TPSA) is 61.5 Å². The molecule has 0 atom stereocenters. The fourth-order valence-electron chi connectivity index (χ4n) is 2.72. The van der Waals surface area contributed by atoms with Crippen molar-refractivity contribution in [1.82, 2.24) is 19.6 Å². The highest BCUT2D eigenvalue weighted by Gasteiger charge is 2.16. The molecule has 0 N–H and O–H groups in total. The molecule has 8 heteroatoms. The molecule has 3 aromatic rings. The number of ether oxygens (including phenoxy) is 2. The molecule has 0 unspecified atom stereocenters. The first-order valence-electron chi connectivity index (χ1n) is 8.02. The van der Waals surface area contributed by atoms with E-state index in [1.165, 1.54) is 0 Å².